The highest BCUT2D eigenvalue weighted by molar-refractivity contribution is 4.98. The molecular weight excluding hydrogens is 171 g/mol. The van der Waals surface area contributed by atoms with Crippen molar-refractivity contribution in [2.45, 2.75) is 18.9 Å². The molecule has 1 heterocycles. The maximum Gasteiger partial charge on any atom is 0.286 e. The van der Waals surface area contributed by atoms with Crippen molar-refractivity contribution in [1.29, 1.82) is 0 Å². The predicted molar refractivity (Wildman–Crippen MR) is 36.2 cm³/mol. The molecule has 0 saturated heterocycles. The van der Waals surface area contributed by atoms with Crippen LogP contribution in [0.25, 0.3) is 0 Å². The molecule has 0 aliphatic rings. The van der Waals surface area contributed by atoms with E-state index < -0.39 is 18.5 Å². The first kappa shape index (κ1) is 9.05. The summed E-state index contributed by atoms with van der Waals surface area (Å²) < 4.78 is 35.9. The third-order valence-corrected chi connectivity index (χ3v) is 1.38. The second kappa shape index (κ2) is 3.57. The third-order valence-electron chi connectivity index (χ3n) is 1.38. The van der Waals surface area contributed by atoms with Crippen LogP contribution in [0.1, 0.15) is 5.69 Å². The molecule has 3 nitrogen and oxygen atoms in total. The lowest BCUT2D eigenvalue weighted by atomic mass is 10.2. The van der Waals surface area contributed by atoms with Crippen LogP contribution in [0.5, 0.6) is 0 Å². The van der Waals surface area contributed by atoms with E-state index in [2.05, 4.69) is 9.97 Å². The highest BCUT2D eigenvalue weighted by Gasteiger charge is 2.16. The molecule has 1 unspecified atom stereocenters. The zero-order chi connectivity index (χ0) is 9.14. The van der Waals surface area contributed by atoms with Crippen molar-refractivity contribution in [3.05, 3.63) is 18.0 Å². The fourth-order valence-corrected chi connectivity index (χ4v) is 0.778. The van der Waals surface area contributed by atoms with Crippen molar-refractivity contribution in [2.75, 3.05) is 0 Å². The Morgan fingerprint density at radius 2 is 2.25 bits per heavy atom. The van der Waals surface area contributed by atoms with Gasteiger partial charge in [-0.25, -0.2) is 13.8 Å². The van der Waals surface area contributed by atoms with Crippen LogP contribution >= 0.6 is 0 Å². The van der Waals surface area contributed by atoms with Crippen LogP contribution in [0, 0.1) is 6.08 Å². The van der Waals surface area contributed by atoms with Gasteiger partial charge in [0.25, 0.3) is 12.5 Å². The molecule has 1 aromatic heterocycles. The lowest BCUT2D eigenvalue weighted by Gasteiger charge is -2.07. The number of nitrogens with two attached hydrogens (primary N) is 1. The Labute approximate surface area is 66.8 Å². The second-order valence-corrected chi connectivity index (χ2v) is 2.40. The van der Waals surface area contributed by atoms with Gasteiger partial charge in [0.2, 0.25) is 0 Å². The lowest BCUT2D eigenvalue weighted by Crippen LogP contribution is -2.31. The average molecular weight is 179 g/mol. The molecule has 0 spiro atoms. The summed E-state index contributed by atoms with van der Waals surface area (Å²) in [4.78, 5) is 5.38. The van der Waals surface area contributed by atoms with Crippen LogP contribution in [-0.2, 0) is 6.42 Å². The van der Waals surface area contributed by atoms with Gasteiger partial charge in [0.05, 0.1) is 12.2 Å². The van der Waals surface area contributed by atoms with Gasteiger partial charge >= 0.3 is 0 Å². The zero-order valence-electron chi connectivity index (χ0n) is 6.10. The van der Waals surface area contributed by atoms with Gasteiger partial charge in [0.15, 0.2) is 0 Å². The topological polar surface area (TPSA) is 54.7 Å². The van der Waals surface area contributed by atoms with Gasteiger partial charge in [-0.2, -0.15) is 4.39 Å². The highest BCUT2D eigenvalue weighted by atomic mass is 19.3. The number of imidazole rings is 1. The molecule has 1 rings (SSSR count). The van der Waals surface area contributed by atoms with Crippen LogP contribution in [-0.4, -0.2) is 22.4 Å². The van der Waals surface area contributed by atoms with Gasteiger partial charge in [0.1, 0.15) is 0 Å². The monoisotopic (exact) mass is 179 g/mol. The van der Waals surface area contributed by atoms with E-state index >= 15 is 0 Å². The van der Waals surface area contributed by atoms with Gasteiger partial charge < -0.3 is 10.7 Å². The predicted octanol–water partition coefficient (Wildman–Crippen LogP) is 0.684. The SMILES string of the molecule is NC(Cc1cnc(F)[nH]1)C(F)F. The van der Waals surface area contributed by atoms with E-state index in [1.165, 1.54) is 0 Å². The molecule has 0 amide bonds. The fourth-order valence-electron chi connectivity index (χ4n) is 0.778. The Balaban J connectivity index is 2.52. The maximum absolute atomic E-state index is 12.2. The standard InChI is InChI=1S/C6H8F3N3/c7-5(8)4(10)1-3-2-11-6(9)12-3/h2,4-5H,1,10H2,(H,11,12). The Kier molecular flexibility index (Phi) is 2.69. The zero-order valence-corrected chi connectivity index (χ0v) is 6.10. The summed E-state index contributed by atoms with van der Waals surface area (Å²) in [5.41, 5.74) is 5.32. The molecule has 1 atom stereocenters. The summed E-state index contributed by atoms with van der Waals surface area (Å²) in [6, 6.07) is -1.27. The number of H-pyrrole nitrogens is 1. The number of halogens is 3. The van der Waals surface area contributed by atoms with Crippen molar-refractivity contribution in [2.24, 2.45) is 5.73 Å². The van der Waals surface area contributed by atoms with E-state index in [4.69, 9.17) is 5.73 Å². The highest BCUT2D eigenvalue weighted by Crippen LogP contribution is 2.05. The number of aromatic nitrogens is 2. The lowest BCUT2D eigenvalue weighted by molar-refractivity contribution is 0.115. The van der Waals surface area contributed by atoms with E-state index in [-0.39, 0.29) is 12.1 Å². The second-order valence-electron chi connectivity index (χ2n) is 2.40. The van der Waals surface area contributed by atoms with Crippen molar-refractivity contribution < 1.29 is 13.2 Å². The summed E-state index contributed by atoms with van der Waals surface area (Å²) in [5.74, 6) is 0. The largest absolute Gasteiger partial charge is 0.323 e. The molecule has 0 aliphatic carbocycles. The van der Waals surface area contributed by atoms with Crippen molar-refractivity contribution >= 4 is 0 Å². The summed E-state index contributed by atoms with van der Waals surface area (Å²) in [5, 5.41) is 0. The van der Waals surface area contributed by atoms with E-state index in [0.29, 0.717) is 0 Å². The van der Waals surface area contributed by atoms with Crippen molar-refractivity contribution in [1.82, 2.24) is 9.97 Å². The van der Waals surface area contributed by atoms with Crippen LogP contribution < -0.4 is 5.73 Å². The number of nitrogens with zero attached hydrogens (tertiary/aromatic N) is 1. The summed E-state index contributed by atoms with van der Waals surface area (Å²) in [7, 11) is 0. The number of hydrogen-bond acceptors (Lipinski definition) is 2. The molecule has 12 heavy (non-hydrogen) atoms. The first-order chi connectivity index (χ1) is 5.59. The Hall–Kier alpha value is -1.04. The quantitative estimate of drug-likeness (QED) is 0.717. The summed E-state index contributed by atoms with van der Waals surface area (Å²) in [6.45, 7) is 0. The minimum Gasteiger partial charge on any atom is -0.323 e. The first-order valence-electron chi connectivity index (χ1n) is 3.32. The van der Waals surface area contributed by atoms with E-state index in [1.807, 2.05) is 0 Å². The normalized spacial score (nSPS) is 13.8. The van der Waals surface area contributed by atoms with Gasteiger partial charge in [-0.3, -0.25) is 0 Å². The van der Waals surface area contributed by atoms with Gasteiger partial charge in [-0.05, 0) is 0 Å². The Morgan fingerprint density at radius 3 is 2.67 bits per heavy atom. The maximum atomic E-state index is 12.2. The minimum atomic E-state index is -2.60. The van der Waals surface area contributed by atoms with Gasteiger partial charge in [0, 0.05) is 12.1 Å². The van der Waals surface area contributed by atoms with Gasteiger partial charge in [-0.1, -0.05) is 0 Å². The molecule has 3 N–H and O–H groups in total. The molecule has 0 radical (unpaired) electrons. The Bertz CT molecular complexity index is 248. The number of rotatable bonds is 3. The molecule has 0 aliphatic heterocycles. The fraction of sp³-hybridized carbons (Fsp3) is 0.500. The average Bonchev–Trinajstić information content (AvgIpc) is 2.35. The third kappa shape index (κ3) is 2.23. The summed E-state index contributed by atoms with van der Waals surface area (Å²) >= 11 is 0. The van der Waals surface area contributed by atoms with Crippen LogP contribution in [0.3, 0.4) is 0 Å². The summed E-state index contributed by atoms with van der Waals surface area (Å²) in [6.07, 6.45) is -2.34. The van der Waals surface area contributed by atoms with Crippen molar-refractivity contribution in [3.8, 4) is 0 Å². The number of nitrogens with one attached hydrogen (secondary N) is 1. The smallest absolute Gasteiger partial charge is 0.286 e. The molecule has 0 saturated carbocycles. The molecular formula is C6H8F3N3. The van der Waals surface area contributed by atoms with Crippen molar-refractivity contribution in [3.63, 3.8) is 0 Å². The molecule has 0 aromatic carbocycles. The van der Waals surface area contributed by atoms with E-state index in [0.717, 1.165) is 6.20 Å². The van der Waals surface area contributed by atoms with Crippen LogP contribution in [0.4, 0.5) is 13.2 Å². The molecule has 6 heteroatoms. The molecule has 68 valence electrons. The number of aromatic amines is 1. The Morgan fingerprint density at radius 1 is 1.58 bits per heavy atom. The van der Waals surface area contributed by atoms with E-state index in [9.17, 15) is 13.2 Å². The van der Waals surface area contributed by atoms with Crippen LogP contribution in [0.2, 0.25) is 0 Å². The first-order valence-corrected chi connectivity index (χ1v) is 3.32. The minimum absolute atomic E-state index is 0.103. The molecule has 1 aromatic rings. The van der Waals surface area contributed by atoms with Crippen LogP contribution in [0.15, 0.2) is 6.20 Å². The molecule has 0 fully saturated rings. The number of alkyl halides is 2. The number of hydrogen-bond donors (Lipinski definition) is 2. The van der Waals surface area contributed by atoms with E-state index in [1.54, 1.807) is 0 Å². The van der Waals surface area contributed by atoms with Gasteiger partial charge in [-0.15, -0.1) is 0 Å². The molecule has 0 bridgehead atoms.